The maximum Gasteiger partial charge on any atom is 0.251 e. The third-order valence-corrected chi connectivity index (χ3v) is 5.89. The van der Waals surface area contributed by atoms with Crippen molar-refractivity contribution in [2.45, 2.75) is 19.4 Å². The molecule has 1 aromatic heterocycles. The van der Waals surface area contributed by atoms with Gasteiger partial charge in [-0.1, -0.05) is 54.1 Å². The number of aromatic amines is 1. The maximum absolute atomic E-state index is 12.7. The van der Waals surface area contributed by atoms with E-state index in [1.165, 1.54) is 0 Å². The average molecular weight is 474 g/mol. The Morgan fingerprint density at radius 2 is 1.88 bits per heavy atom. The first-order chi connectivity index (χ1) is 16.6. The number of rotatable bonds is 10. The molecule has 0 radical (unpaired) electrons. The Bertz CT molecular complexity index is 1300. The minimum atomic E-state index is -0.0688. The molecule has 0 saturated heterocycles. The number of H-pyrrole nitrogens is 1. The summed E-state index contributed by atoms with van der Waals surface area (Å²) in [6.45, 7) is 1.92. The minimum Gasteiger partial charge on any atom is -0.508 e. The largest absolute Gasteiger partial charge is 0.508 e. The Kier molecular flexibility index (Phi) is 8.02. The van der Waals surface area contributed by atoms with Crippen LogP contribution < -0.4 is 10.6 Å². The summed E-state index contributed by atoms with van der Waals surface area (Å²) < 4.78 is 0. The van der Waals surface area contributed by atoms with Crippen LogP contribution in [0.4, 0.5) is 0 Å². The van der Waals surface area contributed by atoms with E-state index in [9.17, 15) is 9.90 Å². The van der Waals surface area contributed by atoms with Crippen LogP contribution in [0.1, 0.15) is 33.5 Å². The molecule has 1 amide bonds. The highest BCUT2D eigenvalue weighted by Crippen LogP contribution is 2.23. The van der Waals surface area contributed by atoms with Gasteiger partial charge in [-0.15, -0.1) is 0 Å². The molecule has 0 fully saturated rings. The van der Waals surface area contributed by atoms with Crippen LogP contribution in [-0.4, -0.2) is 29.1 Å². The summed E-state index contributed by atoms with van der Waals surface area (Å²) in [6.07, 6.45) is 7.57. The van der Waals surface area contributed by atoms with Gasteiger partial charge in [0.1, 0.15) is 5.75 Å². The first-order valence-electron chi connectivity index (χ1n) is 11.4. The molecule has 4 N–H and O–H groups in total. The van der Waals surface area contributed by atoms with Crippen molar-refractivity contribution in [3.63, 3.8) is 0 Å². The molecule has 0 unspecified atom stereocenters. The molecule has 3 aromatic carbocycles. The second-order valence-corrected chi connectivity index (χ2v) is 8.57. The lowest BCUT2D eigenvalue weighted by Crippen LogP contribution is -2.26. The molecule has 1 heterocycles. The van der Waals surface area contributed by atoms with E-state index in [1.807, 2.05) is 72.9 Å². The van der Waals surface area contributed by atoms with E-state index in [0.29, 0.717) is 23.7 Å². The van der Waals surface area contributed by atoms with Crippen LogP contribution in [0.15, 0.2) is 79.0 Å². The molecule has 0 saturated carbocycles. The number of hydrogen-bond acceptors (Lipinski definition) is 3. The molecule has 0 atom stereocenters. The Labute approximate surface area is 204 Å². The number of halogens is 1. The van der Waals surface area contributed by atoms with Gasteiger partial charge in [-0.3, -0.25) is 4.79 Å². The molecule has 0 aliphatic carbocycles. The zero-order valence-corrected chi connectivity index (χ0v) is 19.6. The molecule has 0 bridgehead atoms. The fourth-order valence-electron chi connectivity index (χ4n) is 3.91. The predicted octanol–water partition coefficient (Wildman–Crippen LogP) is 5.69. The highest BCUT2D eigenvalue weighted by Gasteiger charge is 2.10. The maximum atomic E-state index is 12.7. The van der Waals surface area contributed by atoms with Gasteiger partial charge in [0.25, 0.3) is 5.91 Å². The second-order valence-electron chi connectivity index (χ2n) is 8.13. The molecule has 5 nitrogen and oxygen atoms in total. The lowest BCUT2D eigenvalue weighted by molar-refractivity contribution is 0.0953. The average Bonchev–Trinajstić information content (AvgIpc) is 3.23. The topological polar surface area (TPSA) is 77.2 Å². The third-order valence-electron chi connectivity index (χ3n) is 5.66. The number of aromatic nitrogens is 1. The lowest BCUT2D eigenvalue weighted by atomic mass is 10.1. The van der Waals surface area contributed by atoms with Gasteiger partial charge in [0.05, 0.1) is 0 Å². The molecular weight excluding hydrogens is 446 g/mol. The summed E-state index contributed by atoms with van der Waals surface area (Å²) >= 11 is 6.00. The number of phenols is 1. The molecule has 174 valence electrons. The fourth-order valence-corrected chi connectivity index (χ4v) is 4.11. The normalized spacial score (nSPS) is 11.3. The predicted molar refractivity (Wildman–Crippen MR) is 139 cm³/mol. The van der Waals surface area contributed by atoms with Gasteiger partial charge < -0.3 is 20.7 Å². The van der Waals surface area contributed by atoms with Crippen LogP contribution in [0.5, 0.6) is 5.75 Å². The summed E-state index contributed by atoms with van der Waals surface area (Å²) in [7, 11) is 0. The number of amides is 1. The van der Waals surface area contributed by atoms with Gasteiger partial charge in [0.15, 0.2) is 0 Å². The fraction of sp³-hybridized carbons (Fsp3) is 0.179. The van der Waals surface area contributed by atoms with Gasteiger partial charge in [-0.25, -0.2) is 0 Å². The van der Waals surface area contributed by atoms with Gasteiger partial charge in [-0.2, -0.15) is 0 Å². The zero-order chi connectivity index (χ0) is 23.8. The first-order valence-corrected chi connectivity index (χ1v) is 11.8. The Hall–Kier alpha value is -3.54. The smallest absolute Gasteiger partial charge is 0.251 e. The Morgan fingerprint density at radius 1 is 1.00 bits per heavy atom. The third kappa shape index (κ3) is 6.28. The van der Waals surface area contributed by atoms with Crippen molar-refractivity contribution in [2.24, 2.45) is 0 Å². The van der Waals surface area contributed by atoms with Crippen molar-refractivity contribution in [1.82, 2.24) is 15.6 Å². The summed E-state index contributed by atoms with van der Waals surface area (Å²) in [5.74, 6) is 0.196. The number of phenolic OH excluding ortho intramolecular Hbond substituents is 1. The number of carbonyl (C=O) groups excluding carboxylic acids is 1. The Balaban J connectivity index is 1.25. The van der Waals surface area contributed by atoms with Crippen molar-refractivity contribution in [2.75, 3.05) is 13.1 Å². The number of benzene rings is 3. The highest BCUT2D eigenvalue weighted by atomic mass is 35.5. The van der Waals surface area contributed by atoms with Crippen molar-refractivity contribution in [3.8, 4) is 5.75 Å². The summed E-state index contributed by atoms with van der Waals surface area (Å²) in [5.41, 5.74) is 4.85. The first kappa shape index (κ1) is 23.6. The summed E-state index contributed by atoms with van der Waals surface area (Å²) in [6, 6.07) is 20.7. The molecular formula is C28H28ClN3O2. The van der Waals surface area contributed by atoms with E-state index in [0.717, 1.165) is 47.0 Å². The van der Waals surface area contributed by atoms with Crippen LogP contribution in [-0.2, 0) is 13.0 Å². The lowest BCUT2D eigenvalue weighted by Gasteiger charge is -2.11. The molecule has 4 rings (SSSR count). The van der Waals surface area contributed by atoms with Gasteiger partial charge in [-0.05, 0) is 72.5 Å². The van der Waals surface area contributed by atoms with Crippen LogP contribution in [0.3, 0.4) is 0 Å². The van der Waals surface area contributed by atoms with E-state index in [4.69, 9.17) is 11.6 Å². The molecule has 6 heteroatoms. The number of nitrogens with one attached hydrogen (secondary N) is 3. The van der Waals surface area contributed by atoms with Gasteiger partial charge in [0.2, 0.25) is 0 Å². The van der Waals surface area contributed by atoms with Crippen molar-refractivity contribution < 1.29 is 9.90 Å². The zero-order valence-electron chi connectivity index (χ0n) is 18.9. The van der Waals surface area contributed by atoms with Crippen LogP contribution >= 0.6 is 11.6 Å². The Morgan fingerprint density at radius 3 is 2.76 bits per heavy atom. The van der Waals surface area contributed by atoms with Gasteiger partial charge in [0, 0.05) is 40.8 Å². The highest BCUT2D eigenvalue weighted by molar-refractivity contribution is 6.30. The van der Waals surface area contributed by atoms with E-state index in [2.05, 4.69) is 15.6 Å². The number of carbonyl (C=O) groups is 1. The second kappa shape index (κ2) is 11.5. The van der Waals surface area contributed by atoms with E-state index in [1.54, 1.807) is 12.1 Å². The van der Waals surface area contributed by atoms with Crippen molar-refractivity contribution in [1.29, 1.82) is 0 Å². The van der Waals surface area contributed by atoms with Crippen LogP contribution in [0.2, 0.25) is 5.02 Å². The van der Waals surface area contributed by atoms with Crippen molar-refractivity contribution in [3.05, 3.63) is 106 Å². The standard InChI is InChI=1S/C28H28ClN3O2/c29-23-9-5-7-20(16-23)6-3-4-14-31-28(34)25-10-2-1-8-21(25)18-30-15-13-22-19-32-27-12-11-24(33)17-26(22)27/h1-3,5-12,16-17,19,30,32-33H,4,13-15,18H2,(H,31,34)/b6-3+. The quantitative estimate of drug-likeness (QED) is 0.223. The van der Waals surface area contributed by atoms with E-state index in [-0.39, 0.29) is 11.7 Å². The summed E-state index contributed by atoms with van der Waals surface area (Å²) in [4.78, 5) is 16.0. The van der Waals surface area contributed by atoms with Crippen LogP contribution in [0, 0.1) is 0 Å². The molecule has 0 aliphatic rings. The van der Waals surface area contributed by atoms with E-state index >= 15 is 0 Å². The minimum absolute atomic E-state index is 0.0688. The van der Waals surface area contributed by atoms with Gasteiger partial charge >= 0.3 is 0 Å². The number of aromatic hydroxyl groups is 1. The molecule has 0 aliphatic heterocycles. The monoisotopic (exact) mass is 473 g/mol. The molecule has 4 aromatic rings. The SMILES string of the molecule is O=C(NCC/C=C/c1cccc(Cl)c1)c1ccccc1CNCCc1c[nH]c2ccc(O)cc12. The van der Waals surface area contributed by atoms with Crippen LogP contribution in [0.25, 0.3) is 17.0 Å². The summed E-state index contributed by atoms with van der Waals surface area (Å²) in [5, 5.41) is 17.9. The molecule has 34 heavy (non-hydrogen) atoms. The number of fused-ring (bicyclic) bond motifs is 1. The molecule has 0 spiro atoms. The van der Waals surface area contributed by atoms with E-state index < -0.39 is 0 Å². The number of hydrogen-bond donors (Lipinski definition) is 4. The van der Waals surface area contributed by atoms with Crippen molar-refractivity contribution >= 4 is 34.5 Å².